The maximum atomic E-state index is 13.0. The lowest BCUT2D eigenvalue weighted by Gasteiger charge is -2.23. The number of ether oxygens (including phenoxy) is 1. The van der Waals surface area contributed by atoms with E-state index in [4.69, 9.17) is 27.9 Å². The summed E-state index contributed by atoms with van der Waals surface area (Å²) < 4.78 is 7.26. The monoisotopic (exact) mass is 485 g/mol. The lowest BCUT2D eigenvalue weighted by molar-refractivity contribution is -0.117. The second kappa shape index (κ2) is 9.54. The fourth-order valence-corrected chi connectivity index (χ4v) is 4.56. The summed E-state index contributed by atoms with van der Waals surface area (Å²) in [5, 5.41) is 13.2. The van der Waals surface area contributed by atoms with Crippen LogP contribution in [0.25, 0.3) is 11.5 Å². The third kappa shape index (κ3) is 4.90. The standard InChI is InChI=1S/C22H21Cl2N7O2/c23-18-8-15(12-26-22(18)31-27-3-4-28-31)7-17(32)10-16-13-25-21-11-20(24)29-30(21)19(16)9-14-1-5-33-6-2-14/h3-4,8,11-14H,1-2,5-7,9-10H2. The Hall–Kier alpha value is -2.88. The van der Waals surface area contributed by atoms with E-state index in [-0.39, 0.29) is 18.6 Å². The molecule has 1 aliphatic heterocycles. The average Bonchev–Trinajstić information content (AvgIpc) is 3.46. The molecule has 0 unspecified atom stereocenters. The Morgan fingerprint density at radius 1 is 1.06 bits per heavy atom. The first-order chi connectivity index (χ1) is 16.1. The van der Waals surface area contributed by atoms with E-state index in [1.165, 1.54) is 4.80 Å². The van der Waals surface area contributed by atoms with E-state index in [0.29, 0.717) is 27.6 Å². The molecule has 170 valence electrons. The molecule has 0 bridgehead atoms. The molecule has 0 aromatic carbocycles. The second-order valence-corrected chi connectivity index (χ2v) is 8.88. The summed E-state index contributed by atoms with van der Waals surface area (Å²) in [5.74, 6) is 0.917. The third-order valence-corrected chi connectivity index (χ3v) is 6.20. The van der Waals surface area contributed by atoms with Crippen LogP contribution in [0.4, 0.5) is 0 Å². The molecule has 4 aromatic heterocycles. The molecule has 1 fully saturated rings. The lowest BCUT2D eigenvalue weighted by atomic mass is 9.92. The van der Waals surface area contributed by atoms with Crippen LogP contribution in [0.3, 0.4) is 0 Å². The zero-order valence-corrected chi connectivity index (χ0v) is 19.2. The molecule has 1 aliphatic rings. The van der Waals surface area contributed by atoms with Crippen LogP contribution in [-0.4, -0.2) is 53.6 Å². The van der Waals surface area contributed by atoms with Crippen molar-refractivity contribution in [3.8, 4) is 5.82 Å². The van der Waals surface area contributed by atoms with Crippen molar-refractivity contribution in [1.29, 1.82) is 0 Å². The van der Waals surface area contributed by atoms with E-state index >= 15 is 0 Å². The summed E-state index contributed by atoms with van der Waals surface area (Å²) >= 11 is 12.5. The number of hydrogen-bond donors (Lipinski definition) is 0. The van der Waals surface area contributed by atoms with E-state index in [0.717, 1.165) is 49.3 Å². The third-order valence-electron chi connectivity index (χ3n) is 5.74. The summed E-state index contributed by atoms with van der Waals surface area (Å²) in [6.07, 6.45) is 9.67. The topological polar surface area (TPSA) is 100 Å². The minimum Gasteiger partial charge on any atom is -0.381 e. The number of Topliss-reactive ketones (excluding diaryl/α,β-unsaturated/α-hetero) is 1. The highest BCUT2D eigenvalue weighted by Gasteiger charge is 2.21. The Balaban J connectivity index is 1.36. The van der Waals surface area contributed by atoms with Gasteiger partial charge in [0, 0.05) is 50.2 Å². The molecule has 9 nitrogen and oxygen atoms in total. The predicted octanol–water partition coefficient (Wildman–Crippen LogP) is 3.34. The highest BCUT2D eigenvalue weighted by atomic mass is 35.5. The largest absolute Gasteiger partial charge is 0.381 e. The minimum atomic E-state index is 0.0328. The van der Waals surface area contributed by atoms with Gasteiger partial charge in [-0.15, -0.1) is 4.80 Å². The quantitative estimate of drug-likeness (QED) is 0.395. The predicted molar refractivity (Wildman–Crippen MR) is 122 cm³/mol. The molecule has 11 heteroatoms. The van der Waals surface area contributed by atoms with Crippen molar-refractivity contribution in [2.75, 3.05) is 13.2 Å². The average molecular weight is 486 g/mol. The number of carbonyl (C=O) groups is 1. The van der Waals surface area contributed by atoms with Gasteiger partial charge in [0.05, 0.1) is 17.4 Å². The molecular weight excluding hydrogens is 465 g/mol. The summed E-state index contributed by atoms with van der Waals surface area (Å²) in [7, 11) is 0. The molecule has 5 heterocycles. The Labute approximate surface area is 199 Å². The molecule has 0 atom stereocenters. The SMILES string of the molecule is O=C(Cc1cnc(-n2nccn2)c(Cl)c1)Cc1cnc2cc(Cl)nn2c1CC1CCOCC1. The molecular formula is C22H21Cl2N7O2. The van der Waals surface area contributed by atoms with E-state index in [2.05, 4.69) is 25.3 Å². The molecule has 0 aliphatic carbocycles. The Kier molecular flexibility index (Phi) is 6.34. The highest BCUT2D eigenvalue weighted by Crippen LogP contribution is 2.24. The Bertz CT molecular complexity index is 1280. The minimum absolute atomic E-state index is 0.0328. The van der Waals surface area contributed by atoms with Crippen LogP contribution in [0.1, 0.15) is 29.7 Å². The van der Waals surface area contributed by atoms with Gasteiger partial charge in [0.15, 0.2) is 16.6 Å². The van der Waals surface area contributed by atoms with Crippen LogP contribution >= 0.6 is 23.2 Å². The van der Waals surface area contributed by atoms with E-state index in [9.17, 15) is 4.79 Å². The molecule has 4 aromatic rings. The smallest absolute Gasteiger partial charge is 0.193 e. The molecule has 0 spiro atoms. The molecule has 1 saturated heterocycles. The van der Waals surface area contributed by atoms with Gasteiger partial charge in [-0.2, -0.15) is 15.3 Å². The first-order valence-electron chi connectivity index (χ1n) is 10.7. The lowest BCUT2D eigenvalue weighted by Crippen LogP contribution is -2.21. The van der Waals surface area contributed by atoms with Crippen LogP contribution in [0.15, 0.2) is 36.9 Å². The number of halogens is 2. The van der Waals surface area contributed by atoms with Crippen LogP contribution in [0.5, 0.6) is 0 Å². The first kappa shape index (κ1) is 21.9. The fourth-order valence-electron chi connectivity index (χ4n) is 4.12. The number of rotatable bonds is 7. The molecule has 0 saturated carbocycles. The normalized spacial score (nSPS) is 14.7. The number of carbonyl (C=O) groups excluding carboxylic acids is 1. The highest BCUT2D eigenvalue weighted by molar-refractivity contribution is 6.32. The van der Waals surface area contributed by atoms with Crippen LogP contribution in [-0.2, 0) is 28.8 Å². The Morgan fingerprint density at radius 3 is 2.61 bits per heavy atom. The second-order valence-electron chi connectivity index (χ2n) is 8.09. The molecule has 0 radical (unpaired) electrons. The van der Waals surface area contributed by atoms with Crippen molar-refractivity contribution in [1.82, 2.24) is 34.6 Å². The van der Waals surface area contributed by atoms with Crippen molar-refractivity contribution in [3.63, 3.8) is 0 Å². The van der Waals surface area contributed by atoms with Gasteiger partial charge >= 0.3 is 0 Å². The summed E-state index contributed by atoms with van der Waals surface area (Å²) in [4.78, 5) is 23.1. The summed E-state index contributed by atoms with van der Waals surface area (Å²) in [6, 6.07) is 3.45. The van der Waals surface area contributed by atoms with Crippen LogP contribution < -0.4 is 0 Å². The maximum Gasteiger partial charge on any atom is 0.193 e. The summed E-state index contributed by atoms with van der Waals surface area (Å²) in [5.41, 5.74) is 3.23. The molecule has 0 N–H and O–H groups in total. The zero-order chi connectivity index (χ0) is 22.8. The van der Waals surface area contributed by atoms with Crippen molar-refractivity contribution in [2.45, 2.75) is 32.1 Å². The van der Waals surface area contributed by atoms with Gasteiger partial charge in [-0.3, -0.25) is 4.79 Å². The van der Waals surface area contributed by atoms with Crippen LogP contribution in [0.2, 0.25) is 10.2 Å². The zero-order valence-electron chi connectivity index (χ0n) is 17.7. The van der Waals surface area contributed by atoms with E-state index in [1.54, 1.807) is 41.4 Å². The van der Waals surface area contributed by atoms with E-state index in [1.807, 2.05) is 0 Å². The van der Waals surface area contributed by atoms with Gasteiger partial charge in [-0.05, 0) is 42.4 Å². The van der Waals surface area contributed by atoms with Gasteiger partial charge in [0.2, 0.25) is 0 Å². The fraction of sp³-hybridized carbons (Fsp3) is 0.364. The molecule has 5 rings (SSSR count). The van der Waals surface area contributed by atoms with Gasteiger partial charge in [0.1, 0.15) is 5.78 Å². The number of aromatic nitrogens is 7. The number of fused-ring (bicyclic) bond motifs is 1. The van der Waals surface area contributed by atoms with Crippen molar-refractivity contribution < 1.29 is 9.53 Å². The van der Waals surface area contributed by atoms with E-state index < -0.39 is 0 Å². The number of nitrogens with zero attached hydrogens (tertiary/aromatic N) is 7. The first-order valence-corrected chi connectivity index (χ1v) is 11.4. The Morgan fingerprint density at radius 2 is 1.85 bits per heavy atom. The summed E-state index contributed by atoms with van der Waals surface area (Å²) in [6.45, 7) is 1.51. The van der Waals surface area contributed by atoms with Gasteiger partial charge in [-0.1, -0.05) is 23.2 Å². The van der Waals surface area contributed by atoms with Crippen molar-refractivity contribution in [3.05, 3.63) is 63.9 Å². The van der Waals surface area contributed by atoms with Crippen molar-refractivity contribution in [2.24, 2.45) is 5.92 Å². The number of hydrogen-bond acceptors (Lipinski definition) is 7. The molecule has 0 amide bonds. The van der Waals surface area contributed by atoms with Gasteiger partial charge in [0.25, 0.3) is 0 Å². The molecule has 33 heavy (non-hydrogen) atoms. The van der Waals surface area contributed by atoms with Crippen molar-refractivity contribution >= 4 is 34.6 Å². The van der Waals surface area contributed by atoms with Gasteiger partial charge in [-0.25, -0.2) is 14.5 Å². The van der Waals surface area contributed by atoms with Crippen LogP contribution in [0, 0.1) is 5.92 Å². The number of ketones is 1. The number of pyridine rings is 1. The maximum absolute atomic E-state index is 13.0. The van der Waals surface area contributed by atoms with Gasteiger partial charge < -0.3 is 4.74 Å².